The number of ether oxygens (including phenoxy) is 1. The Morgan fingerprint density at radius 3 is 2.41 bits per heavy atom. The van der Waals surface area contributed by atoms with E-state index in [0.29, 0.717) is 5.75 Å². The number of amides is 1. The molecule has 0 aliphatic heterocycles. The molecule has 0 spiro atoms. The van der Waals surface area contributed by atoms with Gasteiger partial charge in [0.2, 0.25) is 0 Å². The Morgan fingerprint density at radius 1 is 1.18 bits per heavy atom. The van der Waals surface area contributed by atoms with Gasteiger partial charge in [-0.05, 0) is 91.4 Å². The molecule has 0 saturated heterocycles. The van der Waals surface area contributed by atoms with Crippen molar-refractivity contribution in [3.05, 3.63) is 56.1 Å². The zero-order chi connectivity index (χ0) is 16.3. The Bertz CT molecular complexity index is 684. The molecule has 5 heteroatoms. The highest BCUT2D eigenvalue weighted by Crippen LogP contribution is 2.24. The zero-order valence-electron chi connectivity index (χ0n) is 12.6. The van der Waals surface area contributed by atoms with Crippen LogP contribution in [0.3, 0.4) is 0 Å². The van der Waals surface area contributed by atoms with Gasteiger partial charge in [0.05, 0.1) is 0 Å². The van der Waals surface area contributed by atoms with Crippen LogP contribution in [0.5, 0.6) is 5.75 Å². The molecule has 0 bridgehead atoms. The molecule has 0 unspecified atom stereocenters. The molecule has 0 atom stereocenters. The number of carbonyl (C=O) groups excluding carboxylic acids is 1. The van der Waals surface area contributed by atoms with Crippen molar-refractivity contribution in [2.45, 2.75) is 26.4 Å². The number of hydrogen-bond donors (Lipinski definition) is 1. The average Bonchev–Trinajstić information content (AvgIpc) is 2.44. The summed E-state index contributed by atoms with van der Waals surface area (Å²) >= 11 is 5.62. The van der Waals surface area contributed by atoms with Gasteiger partial charge in [-0.3, -0.25) is 4.79 Å². The normalized spacial score (nSPS) is 11.1. The smallest absolute Gasteiger partial charge is 0.267 e. The maximum atomic E-state index is 12.5. The number of halogens is 2. The maximum Gasteiger partial charge on any atom is 0.267 e. The highest BCUT2D eigenvalue weighted by molar-refractivity contribution is 14.1. The van der Waals surface area contributed by atoms with Gasteiger partial charge in [-0.25, -0.2) is 0 Å². The van der Waals surface area contributed by atoms with Crippen LogP contribution in [-0.4, -0.2) is 11.5 Å². The van der Waals surface area contributed by atoms with Crippen LogP contribution >= 0.6 is 38.5 Å². The summed E-state index contributed by atoms with van der Waals surface area (Å²) in [6.07, 6.45) is 0. The summed E-state index contributed by atoms with van der Waals surface area (Å²) in [5, 5.41) is 2.93. The molecule has 0 heterocycles. The SMILES string of the molecule is Cc1cc(I)ccc1NC(=O)C(C)(C)Oc1ccc(Br)cc1. The molecule has 22 heavy (non-hydrogen) atoms. The maximum absolute atomic E-state index is 12.5. The highest BCUT2D eigenvalue weighted by atomic mass is 127. The number of rotatable bonds is 4. The molecule has 0 saturated carbocycles. The Hall–Kier alpha value is -1.08. The lowest BCUT2D eigenvalue weighted by molar-refractivity contribution is -0.128. The van der Waals surface area contributed by atoms with Crippen LogP contribution in [0.4, 0.5) is 5.69 Å². The predicted octanol–water partition coefficient (Wildman–Crippen LogP) is 5.16. The van der Waals surface area contributed by atoms with Gasteiger partial charge in [0.15, 0.2) is 5.60 Å². The van der Waals surface area contributed by atoms with E-state index < -0.39 is 5.60 Å². The minimum Gasteiger partial charge on any atom is -0.478 e. The first-order valence-electron chi connectivity index (χ1n) is 6.80. The molecule has 2 aromatic carbocycles. The molecule has 0 fully saturated rings. The van der Waals surface area contributed by atoms with Crippen molar-refractivity contribution in [1.29, 1.82) is 0 Å². The van der Waals surface area contributed by atoms with E-state index >= 15 is 0 Å². The van der Waals surface area contributed by atoms with E-state index in [1.54, 1.807) is 13.8 Å². The fraction of sp³-hybridized carbons (Fsp3) is 0.235. The zero-order valence-corrected chi connectivity index (χ0v) is 16.4. The van der Waals surface area contributed by atoms with Crippen LogP contribution in [0.2, 0.25) is 0 Å². The van der Waals surface area contributed by atoms with Crippen molar-refractivity contribution in [3.8, 4) is 5.75 Å². The summed E-state index contributed by atoms with van der Waals surface area (Å²) < 4.78 is 7.93. The first kappa shape index (κ1) is 17.3. The number of aryl methyl sites for hydroxylation is 1. The number of hydrogen-bond acceptors (Lipinski definition) is 2. The summed E-state index contributed by atoms with van der Waals surface area (Å²) in [5.74, 6) is 0.474. The lowest BCUT2D eigenvalue weighted by atomic mass is 10.1. The van der Waals surface area contributed by atoms with Crippen molar-refractivity contribution < 1.29 is 9.53 Å². The lowest BCUT2D eigenvalue weighted by Gasteiger charge is -2.25. The van der Waals surface area contributed by atoms with Crippen molar-refractivity contribution in [3.63, 3.8) is 0 Å². The van der Waals surface area contributed by atoms with Crippen LogP contribution in [0, 0.1) is 10.5 Å². The van der Waals surface area contributed by atoms with Gasteiger partial charge in [0, 0.05) is 13.7 Å². The standard InChI is InChI=1S/C17H17BrINO2/c1-11-10-13(19)6-9-15(11)20-16(21)17(2,3)22-14-7-4-12(18)5-8-14/h4-10H,1-3H3,(H,20,21). The first-order valence-corrected chi connectivity index (χ1v) is 8.67. The summed E-state index contributed by atoms with van der Waals surface area (Å²) in [5.41, 5.74) is 0.862. The van der Waals surface area contributed by atoms with Gasteiger partial charge in [-0.2, -0.15) is 0 Å². The summed E-state index contributed by atoms with van der Waals surface area (Å²) in [6.45, 7) is 5.49. The van der Waals surface area contributed by atoms with Crippen LogP contribution in [0.1, 0.15) is 19.4 Å². The molecular weight excluding hydrogens is 457 g/mol. The average molecular weight is 474 g/mol. The third-order valence-electron chi connectivity index (χ3n) is 3.17. The molecule has 0 aliphatic carbocycles. The van der Waals surface area contributed by atoms with Gasteiger partial charge >= 0.3 is 0 Å². The quantitative estimate of drug-likeness (QED) is 0.623. The molecule has 0 aliphatic rings. The van der Waals surface area contributed by atoms with Crippen LogP contribution < -0.4 is 10.1 Å². The van der Waals surface area contributed by atoms with Gasteiger partial charge in [-0.15, -0.1) is 0 Å². The Morgan fingerprint density at radius 2 is 1.82 bits per heavy atom. The summed E-state index contributed by atoms with van der Waals surface area (Å²) in [7, 11) is 0. The van der Waals surface area contributed by atoms with Gasteiger partial charge in [0.25, 0.3) is 5.91 Å². The van der Waals surface area contributed by atoms with E-state index in [2.05, 4.69) is 43.8 Å². The fourth-order valence-corrected chi connectivity index (χ4v) is 2.80. The van der Waals surface area contributed by atoms with E-state index in [-0.39, 0.29) is 5.91 Å². The van der Waals surface area contributed by atoms with Crippen molar-refractivity contribution in [2.24, 2.45) is 0 Å². The van der Waals surface area contributed by atoms with Crippen molar-refractivity contribution in [1.82, 2.24) is 0 Å². The van der Waals surface area contributed by atoms with E-state index in [1.165, 1.54) is 0 Å². The monoisotopic (exact) mass is 473 g/mol. The van der Waals surface area contributed by atoms with Gasteiger partial charge < -0.3 is 10.1 Å². The third-order valence-corrected chi connectivity index (χ3v) is 4.37. The molecule has 2 rings (SSSR count). The third kappa shape index (κ3) is 4.46. The highest BCUT2D eigenvalue weighted by Gasteiger charge is 2.30. The Kier molecular flexibility index (Phi) is 5.50. The largest absolute Gasteiger partial charge is 0.478 e. The van der Waals surface area contributed by atoms with Crippen LogP contribution in [0.25, 0.3) is 0 Å². The molecule has 1 N–H and O–H groups in total. The number of benzene rings is 2. The van der Waals surface area contributed by atoms with E-state index in [0.717, 1.165) is 19.3 Å². The lowest BCUT2D eigenvalue weighted by Crippen LogP contribution is -2.42. The second kappa shape index (κ2) is 7.00. The van der Waals surface area contributed by atoms with Crippen molar-refractivity contribution in [2.75, 3.05) is 5.32 Å². The minimum atomic E-state index is -0.969. The molecular formula is C17H17BrINO2. The van der Waals surface area contributed by atoms with E-state index in [9.17, 15) is 4.79 Å². The molecule has 3 nitrogen and oxygen atoms in total. The second-order valence-corrected chi connectivity index (χ2v) is 7.64. The van der Waals surface area contributed by atoms with Crippen LogP contribution in [-0.2, 0) is 4.79 Å². The number of anilines is 1. The summed E-state index contributed by atoms with van der Waals surface area (Å²) in [4.78, 5) is 12.5. The van der Waals surface area contributed by atoms with E-state index in [4.69, 9.17) is 4.74 Å². The van der Waals surface area contributed by atoms with Gasteiger partial charge in [0.1, 0.15) is 5.75 Å². The molecule has 0 radical (unpaired) electrons. The van der Waals surface area contributed by atoms with Crippen LogP contribution in [0.15, 0.2) is 46.9 Å². The number of nitrogens with one attached hydrogen (secondary N) is 1. The topological polar surface area (TPSA) is 38.3 Å². The molecule has 116 valence electrons. The van der Waals surface area contributed by atoms with E-state index in [1.807, 2.05) is 49.4 Å². The number of carbonyl (C=O) groups is 1. The van der Waals surface area contributed by atoms with Crippen molar-refractivity contribution >= 4 is 50.1 Å². The molecule has 0 aromatic heterocycles. The second-order valence-electron chi connectivity index (χ2n) is 5.48. The fourth-order valence-electron chi connectivity index (χ4n) is 1.88. The Balaban J connectivity index is 2.11. The Labute approximate surface area is 152 Å². The first-order chi connectivity index (χ1) is 10.3. The predicted molar refractivity (Wildman–Crippen MR) is 101 cm³/mol. The summed E-state index contributed by atoms with van der Waals surface area (Å²) in [6, 6.07) is 13.3. The molecule has 1 amide bonds. The van der Waals surface area contributed by atoms with Gasteiger partial charge in [-0.1, -0.05) is 15.9 Å². The minimum absolute atomic E-state index is 0.181. The molecule has 2 aromatic rings.